The highest BCUT2D eigenvalue weighted by Crippen LogP contribution is 2.62. The van der Waals surface area contributed by atoms with Crippen molar-refractivity contribution in [3.63, 3.8) is 0 Å². The van der Waals surface area contributed by atoms with Gasteiger partial charge in [0, 0.05) is 11.5 Å². The van der Waals surface area contributed by atoms with Gasteiger partial charge < -0.3 is 9.84 Å². The van der Waals surface area contributed by atoms with Crippen LogP contribution >= 0.6 is 11.8 Å². The minimum absolute atomic E-state index is 0.0428. The van der Waals surface area contributed by atoms with E-state index in [2.05, 4.69) is 26.0 Å². The van der Waals surface area contributed by atoms with E-state index in [1.165, 1.54) is 24.8 Å². The number of hydrogen-bond acceptors (Lipinski definition) is 3. The molecule has 0 amide bonds. The Morgan fingerprint density at radius 3 is 2.46 bits per heavy atom. The maximum Gasteiger partial charge on any atom is 0.127 e. The van der Waals surface area contributed by atoms with Crippen LogP contribution in [0.1, 0.15) is 38.7 Å². The highest BCUT2D eigenvalue weighted by atomic mass is 32.2. The molecular formula is C23H28O2S. The molecule has 0 saturated heterocycles. The highest BCUT2D eigenvalue weighted by Gasteiger charge is 2.61. The maximum atomic E-state index is 11.4. The summed E-state index contributed by atoms with van der Waals surface area (Å²) in [5.41, 5.74) is 0.771. The van der Waals surface area contributed by atoms with E-state index in [0.717, 1.165) is 23.0 Å². The van der Waals surface area contributed by atoms with Crippen molar-refractivity contribution in [1.82, 2.24) is 0 Å². The molecule has 4 rings (SSSR count). The summed E-state index contributed by atoms with van der Waals surface area (Å²) in [6, 6.07) is 18.2. The number of benzene rings is 2. The first kappa shape index (κ1) is 17.9. The number of hydrogen-bond donors (Lipinski definition) is 1. The van der Waals surface area contributed by atoms with E-state index in [1.807, 2.05) is 54.2 Å². The third-order valence-corrected chi connectivity index (χ3v) is 7.89. The minimum atomic E-state index is -0.515. The van der Waals surface area contributed by atoms with Crippen LogP contribution in [-0.4, -0.2) is 16.5 Å². The van der Waals surface area contributed by atoms with Crippen LogP contribution in [0.4, 0.5) is 0 Å². The molecule has 2 aromatic rings. The van der Waals surface area contributed by atoms with Gasteiger partial charge in [-0.15, -0.1) is 0 Å². The van der Waals surface area contributed by atoms with Gasteiger partial charge in [-0.05, 0) is 66.3 Å². The molecular weight excluding hydrogens is 340 g/mol. The summed E-state index contributed by atoms with van der Waals surface area (Å²) in [6.45, 7) is 4.54. The Bertz CT molecular complexity index is 758. The fraction of sp³-hybridized carbons (Fsp3) is 0.478. The van der Waals surface area contributed by atoms with Crippen molar-refractivity contribution in [2.75, 3.05) is 5.75 Å². The second-order valence-electron chi connectivity index (χ2n) is 8.41. The van der Waals surface area contributed by atoms with Gasteiger partial charge in [-0.25, -0.2) is 0 Å². The molecule has 0 spiro atoms. The Balaban J connectivity index is 1.37. The van der Waals surface area contributed by atoms with Gasteiger partial charge in [-0.2, -0.15) is 11.8 Å². The van der Waals surface area contributed by atoms with E-state index in [1.54, 1.807) is 0 Å². The average Bonchev–Trinajstić information content (AvgIpc) is 3.19. The van der Waals surface area contributed by atoms with Crippen molar-refractivity contribution in [2.24, 2.45) is 17.3 Å². The number of ether oxygens (including phenoxy) is 1. The fourth-order valence-electron chi connectivity index (χ4n) is 4.90. The van der Waals surface area contributed by atoms with Crippen molar-refractivity contribution >= 4 is 11.8 Å². The molecule has 3 atom stereocenters. The Hall–Kier alpha value is -1.45. The van der Waals surface area contributed by atoms with E-state index in [0.29, 0.717) is 11.8 Å². The highest BCUT2D eigenvalue weighted by molar-refractivity contribution is 7.98. The first-order valence-electron chi connectivity index (χ1n) is 9.61. The second-order valence-corrected chi connectivity index (χ2v) is 9.39. The lowest BCUT2D eigenvalue weighted by molar-refractivity contribution is -0.0862. The monoisotopic (exact) mass is 368 g/mol. The molecule has 26 heavy (non-hydrogen) atoms. The molecule has 2 saturated carbocycles. The Kier molecular flexibility index (Phi) is 4.79. The largest absolute Gasteiger partial charge is 0.457 e. The van der Waals surface area contributed by atoms with Gasteiger partial charge in [0.05, 0.1) is 5.60 Å². The van der Waals surface area contributed by atoms with Crippen molar-refractivity contribution < 1.29 is 9.84 Å². The number of fused-ring (bicyclic) bond motifs is 2. The predicted molar refractivity (Wildman–Crippen MR) is 109 cm³/mol. The molecule has 1 N–H and O–H groups in total. The lowest BCUT2D eigenvalue weighted by Crippen LogP contribution is -2.51. The van der Waals surface area contributed by atoms with Crippen molar-refractivity contribution in [3.05, 3.63) is 60.2 Å². The normalized spacial score (nSPS) is 29.0. The van der Waals surface area contributed by atoms with E-state index in [4.69, 9.17) is 4.74 Å². The number of thioether (sulfide) groups is 1. The molecule has 2 nitrogen and oxygen atoms in total. The van der Waals surface area contributed by atoms with E-state index in [-0.39, 0.29) is 5.41 Å². The van der Waals surface area contributed by atoms with Crippen LogP contribution in [-0.2, 0) is 5.75 Å². The molecule has 138 valence electrons. The molecule has 0 heterocycles. The molecule has 3 heteroatoms. The zero-order valence-corrected chi connectivity index (χ0v) is 16.5. The molecule has 2 bridgehead atoms. The van der Waals surface area contributed by atoms with Gasteiger partial charge in [0.1, 0.15) is 11.5 Å². The van der Waals surface area contributed by atoms with Gasteiger partial charge in [-0.1, -0.05) is 44.2 Å². The molecule has 0 unspecified atom stereocenters. The standard InChI is InChI=1S/C23H28O2S/c1-22(2)18-11-12-19(14-18)23(22,24)16-26-15-17-7-6-10-21(13-17)25-20-8-4-3-5-9-20/h3-10,13,18-19,24H,11-12,14-16H2,1-2H3/t18-,19-,23-/m0/s1. The van der Waals surface area contributed by atoms with E-state index >= 15 is 0 Å². The maximum absolute atomic E-state index is 11.4. The lowest BCUT2D eigenvalue weighted by atomic mass is 9.66. The molecule has 0 aromatic heterocycles. The van der Waals surface area contributed by atoms with Crippen LogP contribution in [0.25, 0.3) is 0 Å². The van der Waals surface area contributed by atoms with Gasteiger partial charge in [0.2, 0.25) is 0 Å². The Morgan fingerprint density at radius 1 is 1.00 bits per heavy atom. The molecule has 2 aromatic carbocycles. The smallest absolute Gasteiger partial charge is 0.127 e. The quantitative estimate of drug-likeness (QED) is 0.688. The second kappa shape index (κ2) is 6.94. The van der Waals surface area contributed by atoms with Gasteiger partial charge in [-0.3, -0.25) is 0 Å². The fourth-order valence-corrected chi connectivity index (χ4v) is 6.34. The molecule has 0 aliphatic heterocycles. The van der Waals surface area contributed by atoms with Gasteiger partial charge >= 0.3 is 0 Å². The molecule has 0 radical (unpaired) electrons. The zero-order valence-electron chi connectivity index (χ0n) is 15.7. The molecule has 2 fully saturated rings. The number of para-hydroxylation sites is 1. The van der Waals surface area contributed by atoms with Crippen LogP contribution in [0.2, 0.25) is 0 Å². The topological polar surface area (TPSA) is 29.5 Å². The lowest BCUT2D eigenvalue weighted by Gasteiger charge is -2.46. The summed E-state index contributed by atoms with van der Waals surface area (Å²) in [5, 5.41) is 11.4. The number of aliphatic hydroxyl groups is 1. The summed E-state index contributed by atoms with van der Waals surface area (Å²) in [6.07, 6.45) is 3.71. The summed E-state index contributed by atoms with van der Waals surface area (Å²) < 4.78 is 5.93. The summed E-state index contributed by atoms with van der Waals surface area (Å²) >= 11 is 1.85. The van der Waals surface area contributed by atoms with Crippen LogP contribution in [0.15, 0.2) is 54.6 Å². The van der Waals surface area contributed by atoms with E-state index < -0.39 is 5.60 Å². The molecule has 2 aliphatic rings. The summed E-state index contributed by atoms with van der Waals surface area (Å²) in [4.78, 5) is 0. The van der Waals surface area contributed by atoms with Crippen LogP contribution in [0, 0.1) is 17.3 Å². The third-order valence-electron chi connectivity index (χ3n) is 6.71. The average molecular weight is 369 g/mol. The van der Waals surface area contributed by atoms with Crippen LogP contribution in [0.5, 0.6) is 11.5 Å². The van der Waals surface area contributed by atoms with E-state index in [9.17, 15) is 5.11 Å². The summed E-state index contributed by atoms with van der Waals surface area (Å²) in [5.74, 6) is 4.64. The minimum Gasteiger partial charge on any atom is -0.457 e. The summed E-state index contributed by atoms with van der Waals surface area (Å²) in [7, 11) is 0. The Morgan fingerprint density at radius 2 is 1.73 bits per heavy atom. The third kappa shape index (κ3) is 3.16. The first-order valence-corrected chi connectivity index (χ1v) is 10.8. The van der Waals surface area contributed by atoms with Crippen molar-refractivity contribution in [2.45, 2.75) is 44.5 Å². The van der Waals surface area contributed by atoms with Crippen LogP contribution in [0.3, 0.4) is 0 Å². The van der Waals surface area contributed by atoms with Gasteiger partial charge in [0.15, 0.2) is 0 Å². The van der Waals surface area contributed by atoms with Crippen molar-refractivity contribution in [3.8, 4) is 11.5 Å². The number of rotatable bonds is 6. The van der Waals surface area contributed by atoms with Crippen molar-refractivity contribution in [1.29, 1.82) is 0 Å². The first-order chi connectivity index (χ1) is 12.5. The molecule has 2 aliphatic carbocycles. The Labute approximate surface area is 161 Å². The SMILES string of the molecule is CC1(C)[C@H]2CC[C@@H](C2)[C@@]1(O)CSCc1cccc(Oc2ccccc2)c1. The van der Waals surface area contributed by atoms with Gasteiger partial charge in [0.25, 0.3) is 0 Å². The predicted octanol–water partition coefficient (Wildman–Crippen LogP) is 5.90. The van der Waals surface area contributed by atoms with Crippen LogP contribution < -0.4 is 4.74 Å². The zero-order chi connectivity index (χ0) is 18.2.